The Morgan fingerprint density at radius 1 is 1.47 bits per heavy atom. The molecule has 1 aliphatic rings. The minimum Gasteiger partial charge on any atom is -0.209 e. The molecule has 0 saturated carbocycles. The number of allylic oxidation sites excluding steroid dienone is 6. The van der Waals surface area contributed by atoms with Gasteiger partial charge in [-0.05, 0) is 18.4 Å². The van der Waals surface area contributed by atoms with Crippen molar-refractivity contribution >= 4 is 6.21 Å². The molecule has 0 heterocycles. The van der Waals surface area contributed by atoms with E-state index in [1.165, 1.54) is 5.57 Å². The summed E-state index contributed by atoms with van der Waals surface area (Å²) < 4.78 is 0. The maximum Gasteiger partial charge on any atom is 0.0401 e. The highest BCUT2D eigenvalue weighted by molar-refractivity contribution is 5.72. The molecule has 0 aliphatic heterocycles. The van der Waals surface area contributed by atoms with Crippen LogP contribution in [0.1, 0.15) is 20.8 Å². The summed E-state index contributed by atoms with van der Waals surface area (Å²) in [4.78, 5) is 3.86. The topological polar surface area (TPSA) is 12.4 Å². The van der Waals surface area contributed by atoms with Gasteiger partial charge in [0.1, 0.15) is 0 Å². The van der Waals surface area contributed by atoms with Gasteiger partial charge in [0, 0.05) is 17.7 Å². The third-order valence-electron chi connectivity index (χ3n) is 2.46. The largest absolute Gasteiger partial charge is 0.209 e. The average molecular weight is 199 g/mol. The fraction of sp³-hybridized carbons (Fsp3) is 0.357. The van der Waals surface area contributed by atoms with Gasteiger partial charge in [-0.2, -0.15) is 0 Å². The molecular weight excluding hydrogens is 182 g/mol. The van der Waals surface area contributed by atoms with Crippen LogP contribution in [-0.2, 0) is 0 Å². The number of nitrogens with zero attached hydrogens (tertiary/aromatic N) is 1. The molecule has 0 bridgehead atoms. The minimum absolute atomic E-state index is 0.167. The van der Waals surface area contributed by atoms with Crippen LogP contribution >= 0.6 is 0 Å². The maximum absolute atomic E-state index is 5.11. The molecule has 1 heteroatoms. The van der Waals surface area contributed by atoms with E-state index in [-0.39, 0.29) is 5.41 Å². The summed E-state index contributed by atoms with van der Waals surface area (Å²) in [6.45, 7) is 6.45. The Balaban J connectivity index is 2.92. The van der Waals surface area contributed by atoms with E-state index in [1.54, 1.807) is 6.21 Å². The molecule has 0 aromatic heterocycles. The molecule has 0 aromatic carbocycles. The van der Waals surface area contributed by atoms with E-state index in [1.807, 2.05) is 0 Å². The van der Waals surface area contributed by atoms with Gasteiger partial charge in [0.25, 0.3) is 0 Å². The van der Waals surface area contributed by atoms with Gasteiger partial charge < -0.3 is 0 Å². The van der Waals surface area contributed by atoms with Crippen molar-refractivity contribution < 1.29 is 0 Å². The van der Waals surface area contributed by atoms with Crippen LogP contribution in [0.15, 0.2) is 40.9 Å². The first-order chi connectivity index (χ1) is 7.07. The lowest BCUT2D eigenvalue weighted by Crippen LogP contribution is -2.10. The van der Waals surface area contributed by atoms with E-state index < -0.39 is 0 Å². The summed E-state index contributed by atoms with van der Waals surface area (Å²) in [5, 5.41) is 0. The Morgan fingerprint density at radius 2 is 2.20 bits per heavy atom. The molecule has 1 rings (SSSR count). The van der Waals surface area contributed by atoms with Crippen molar-refractivity contribution in [2.45, 2.75) is 20.8 Å². The lowest BCUT2D eigenvalue weighted by Gasteiger charge is -2.14. The fourth-order valence-electron chi connectivity index (χ4n) is 1.40. The first kappa shape index (κ1) is 11.5. The van der Waals surface area contributed by atoms with Crippen molar-refractivity contribution in [3.8, 4) is 12.5 Å². The Labute approximate surface area is 92.3 Å². The first-order valence-electron chi connectivity index (χ1n) is 5.16. The SMILES string of the molecule is C#C/N=C/C1(C)C=CC=C(C(C)C)C=C1. The Hall–Kier alpha value is -1.55. The Kier molecular flexibility index (Phi) is 3.68. The van der Waals surface area contributed by atoms with Crippen LogP contribution in [0.3, 0.4) is 0 Å². The number of terminal acetylenes is 1. The summed E-state index contributed by atoms with van der Waals surface area (Å²) in [6, 6.07) is 2.28. The number of hydrogen-bond acceptors (Lipinski definition) is 1. The van der Waals surface area contributed by atoms with Gasteiger partial charge in [-0.25, -0.2) is 4.99 Å². The summed E-state index contributed by atoms with van der Waals surface area (Å²) in [5.74, 6) is 0.540. The van der Waals surface area contributed by atoms with Crippen molar-refractivity contribution in [1.82, 2.24) is 0 Å². The van der Waals surface area contributed by atoms with Crippen molar-refractivity contribution in [2.24, 2.45) is 16.3 Å². The van der Waals surface area contributed by atoms with Crippen LogP contribution in [0.2, 0.25) is 0 Å². The molecule has 0 amide bonds. The van der Waals surface area contributed by atoms with Crippen molar-refractivity contribution in [3.63, 3.8) is 0 Å². The highest BCUT2D eigenvalue weighted by Gasteiger charge is 2.15. The molecule has 0 N–H and O–H groups in total. The second-order valence-corrected chi connectivity index (χ2v) is 4.27. The van der Waals surface area contributed by atoms with Crippen LogP contribution in [0, 0.1) is 23.8 Å². The standard InChI is InChI=1S/C14H17N/c1-5-15-11-14(4)9-6-7-13(8-10-14)12(2)3/h1,6-12H,2-4H3/b15-11+. The summed E-state index contributed by atoms with van der Waals surface area (Å²) in [5.41, 5.74) is 1.16. The van der Waals surface area contributed by atoms with Gasteiger partial charge in [0.15, 0.2) is 0 Å². The van der Waals surface area contributed by atoms with E-state index in [0.717, 1.165) is 0 Å². The molecule has 0 radical (unpaired) electrons. The highest BCUT2D eigenvalue weighted by atomic mass is 14.7. The fourth-order valence-corrected chi connectivity index (χ4v) is 1.40. The van der Waals surface area contributed by atoms with Crippen LogP contribution in [-0.4, -0.2) is 6.21 Å². The zero-order chi connectivity index (χ0) is 11.3. The third-order valence-corrected chi connectivity index (χ3v) is 2.46. The predicted molar refractivity (Wildman–Crippen MR) is 66.6 cm³/mol. The normalized spacial score (nSPS) is 25.4. The number of hydrogen-bond donors (Lipinski definition) is 0. The van der Waals surface area contributed by atoms with Crippen LogP contribution < -0.4 is 0 Å². The van der Waals surface area contributed by atoms with Gasteiger partial charge in [-0.3, -0.25) is 0 Å². The van der Waals surface area contributed by atoms with E-state index in [9.17, 15) is 0 Å². The zero-order valence-electron chi connectivity index (χ0n) is 9.57. The Morgan fingerprint density at radius 3 is 2.80 bits per heavy atom. The smallest absolute Gasteiger partial charge is 0.0401 e. The van der Waals surface area contributed by atoms with Crippen LogP contribution in [0.5, 0.6) is 0 Å². The number of aliphatic imine (C=N–C) groups is 1. The molecule has 15 heavy (non-hydrogen) atoms. The second-order valence-electron chi connectivity index (χ2n) is 4.27. The van der Waals surface area contributed by atoms with E-state index in [0.29, 0.717) is 5.92 Å². The van der Waals surface area contributed by atoms with Gasteiger partial charge in [0.2, 0.25) is 0 Å². The van der Waals surface area contributed by atoms with Gasteiger partial charge in [-0.1, -0.05) is 50.7 Å². The number of rotatable bonds is 2. The average Bonchev–Trinajstić information content (AvgIpc) is 2.38. The molecule has 0 spiro atoms. The van der Waals surface area contributed by atoms with Crippen molar-refractivity contribution in [1.29, 1.82) is 0 Å². The van der Waals surface area contributed by atoms with Gasteiger partial charge in [0.05, 0.1) is 0 Å². The lowest BCUT2D eigenvalue weighted by atomic mass is 9.91. The van der Waals surface area contributed by atoms with Crippen LogP contribution in [0.4, 0.5) is 0 Å². The van der Waals surface area contributed by atoms with E-state index >= 15 is 0 Å². The first-order valence-corrected chi connectivity index (χ1v) is 5.16. The molecule has 1 unspecified atom stereocenters. The van der Waals surface area contributed by atoms with Crippen molar-refractivity contribution in [3.05, 3.63) is 36.0 Å². The molecular formula is C14H17N. The molecule has 78 valence electrons. The highest BCUT2D eigenvalue weighted by Crippen LogP contribution is 2.24. The molecule has 0 fully saturated rings. The summed E-state index contributed by atoms with van der Waals surface area (Å²) in [6.07, 6.45) is 17.5. The molecule has 1 aliphatic carbocycles. The molecule has 0 aromatic rings. The third kappa shape index (κ3) is 3.25. The molecule has 0 saturated heterocycles. The zero-order valence-corrected chi connectivity index (χ0v) is 9.57. The lowest BCUT2D eigenvalue weighted by molar-refractivity contribution is 0.775. The van der Waals surface area contributed by atoms with Crippen LogP contribution in [0.25, 0.3) is 0 Å². The predicted octanol–water partition coefficient (Wildman–Crippen LogP) is 3.36. The quantitative estimate of drug-likeness (QED) is 0.477. The second kappa shape index (κ2) is 4.79. The summed E-state index contributed by atoms with van der Waals surface area (Å²) in [7, 11) is 0. The van der Waals surface area contributed by atoms with E-state index in [4.69, 9.17) is 6.42 Å². The van der Waals surface area contributed by atoms with Gasteiger partial charge >= 0.3 is 0 Å². The maximum atomic E-state index is 5.11. The monoisotopic (exact) mass is 199 g/mol. The van der Waals surface area contributed by atoms with Crippen molar-refractivity contribution in [2.75, 3.05) is 0 Å². The summed E-state index contributed by atoms with van der Waals surface area (Å²) >= 11 is 0. The van der Waals surface area contributed by atoms with Gasteiger partial charge in [-0.15, -0.1) is 0 Å². The molecule has 1 atom stereocenters. The minimum atomic E-state index is -0.167. The molecule has 1 nitrogen and oxygen atoms in total. The Bertz CT molecular complexity index is 375. The van der Waals surface area contributed by atoms with E-state index in [2.05, 4.69) is 62.2 Å².